The van der Waals surface area contributed by atoms with Crippen LogP contribution < -0.4 is 10.4 Å². The molecule has 3 aromatic rings. The Balaban J connectivity index is 1.85. The van der Waals surface area contributed by atoms with Gasteiger partial charge in [0.25, 0.3) is 5.69 Å². The van der Waals surface area contributed by atoms with Crippen molar-refractivity contribution in [2.45, 2.75) is 6.61 Å². The highest BCUT2D eigenvalue weighted by Gasteiger charge is 2.10. The third kappa shape index (κ3) is 3.29. The van der Waals surface area contributed by atoms with Gasteiger partial charge in [-0.15, -0.1) is 0 Å². The Labute approximate surface area is 134 Å². The second kappa shape index (κ2) is 6.05. The Morgan fingerprint density at radius 1 is 1.26 bits per heavy atom. The van der Waals surface area contributed by atoms with Crippen LogP contribution in [0.4, 0.5) is 5.69 Å². The molecule has 0 saturated carbocycles. The molecule has 0 aliphatic heterocycles. The highest BCUT2D eigenvalue weighted by Crippen LogP contribution is 2.20. The standard InChI is InChI=1S/C15H9ClN2O5/c16-9-4-5-13-12(6-9)15(19)23-14(17-13)8-22-11-3-1-2-10(7-11)18(20)21/h1-7H,8H2. The highest BCUT2D eigenvalue weighted by molar-refractivity contribution is 6.31. The molecular formula is C15H9ClN2O5. The predicted octanol–water partition coefficient (Wildman–Crippen LogP) is 3.33. The number of nitro benzene ring substituents is 1. The van der Waals surface area contributed by atoms with Crippen molar-refractivity contribution in [1.29, 1.82) is 0 Å². The molecule has 7 nitrogen and oxygen atoms in total. The molecule has 23 heavy (non-hydrogen) atoms. The predicted molar refractivity (Wildman–Crippen MR) is 82.7 cm³/mol. The van der Waals surface area contributed by atoms with Crippen molar-refractivity contribution in [2.24, 2.45) is 0 Å². The van der Waals surface area contributed by atoms with E-state index >= 15 is 0 Å². The van der Waals surface area contributed by atoms with Gasteiger partial charge in [-0.3, -0.25) is 10.1 Å². The third-order valence-corrected chi connectivity index (χ3v) is 3.26. The van der Waals surface area contributed by atoms with E-state index in [1.165, 1.54) is 24.3 Å². The fraction of sp³-hybridized carbons (Fsp3) is 0.0667. The molecule has 0 fully saturated rings. The van der Waals surface area contributed by atoms with E-state index in [0.29, 0.717) is 10.5 Å². The summed E-state index contributed by atoms with van der Waals surface area (Å²) < 4.78 is 10.4. The van der Waals surface area contributed by atoms with Gasteiger partial charge < -0.3 is 9.15 Å². The van der Waals surface area contributed by atoms with Crippen molar-refractivity contribution < 1.29 is 14.1 Å². The maximum absolute atomic E-state index is 11.9. The van der Waals surface area contributed by atoms with E-state index in [0.717, 1.165) is 0 Å². The number of rotatable bonds is 4. The van der Waals surface area contributed by atoms with Gasteiger partial charge in [-0.1, -0.05) is 17.7 Å². The number of hydrogen-bond acceptors (Lipinski definition) is 6. The average molecular weight is 333 g/mol. The lowest BCUT2D eigenvalue weighted by Gasteiger charge is -2.05. The molecule has 0 saturated heterocycles. The molecule has 0 amide bonds. The number of ether oxygens (including phenoxy) is 1. The highest BCUT2D eigenvalue weighted by atomic mass is 35.5. The Morgan fingerprint density at radius 2 is 2.09 bits per heavy atom. The van der Waals surface area contributed by atoms with E-state index in [1.54, 1.807) is 18.2 Å². The minimum Gasteiger partial charge on any atom is -0.484 e. The number of nitro groups is 1. The quantitative estimate of drug-likeness (QED) is 0.537. The maximum Gasteiger partial charge on any atom is 0.347 e. The van der Waals surface area contributed by atoms with Crippen LogP contribution in [0.2, 0.25) is 5.02 Å². The first-order valence-electron chi connectivity index (χ1n) is 6.49. The van der Waals surface area contributed by atoms with Crippen LogP contribution in [0.25, 0.3) is 10.9 Å². The second-order valence-corrected chi connectivity index (χ2v) is 5.04. The molecular weight excluding hydrogens is 324 g/mol. The molecule has 0 N–H and O–H groups in total. The summed E-state index contributed by atoms with van der Waals surface area (Å²) >= 11 is 5.82. The smallest absolute Gasteiger partial charge is 0.347 e. The molecule has 0 aliphatic rings. The first kappa shape index (κ1) is 15.0. The molecule has 0 atom stereocenters. The van der Waals surface area contributed by atoms with Crippen LogP contribution in [0.15, 0.2) is 51.7 Å². The zero-order valence-corrected chi connectivity index (χ0v) is 12.3. The van der Waals surface area contributed by atoms with Gasteiger partial charge >= 0.3 is 5.63 Å². The maximum atomic E-state index is 11.9. The number of halogens is 1. The van der Waals surface area contributed by atoms with Crippen molar-refractivity contribution >= 4 is 28.2 Å². The number of fused-ring (bicyclic) bond motifs is 1. The summed E-state index contributed by atoms with van der Waals surface area (Å²) in [5, 5.41) is 11.4. The summed E-state index contributed by atoms with van der Waals surface area (Å²) in [6.07, 6.45) is 0. The van der Waals surface area contributed by atoms with Gasteiger partial charge in [0, 0.05) is 11.1 Å². The van der Waals surface area contributed by atoms with Crippen LogP contribution >= 0.6 is 11.6 Å². The van der Waals surface area contributed by atoms with E-state index in [4.69, 9.17) is 20.8 Å². The second-order valence-electron chi connectivity index (χ2n) is 4.60. The van der Waals surface area contributed by atoms with Crippen molar-refractivity contribution in [3.8, 4) is 5.75 Å². The topological polar surface area (TPSA) is 95.5 Å². The number of hydrogen-bond donors (Lipinski definition) is 0. The largest absolute Gasteiger partial charge is 0.484 e. The van der Waals surface area contributed by atoms with Crippen molar-refractivity contribution in [2.75, 3.05) is 0 Å². The lowest BCUT2D eigenvalue weighted by Crippen LogP contribution is -2.07. The monoisotopic (exact) mass is 332 g/mol. The lowest BCUT2D eigenvalue weighted by molar-refractivity contribution is -0.384. The number of aromatic nitrogens is 1. The summed E-state index contributed by atoms with van der Waals surface area (Å²) in [6, 6.07) is 10.4. The molecule has 0 spiro atoms. The van der Waals surface area contributed by atoms with Crippen LogP contribution in [0, 0.1) is 10.1 Å². The van der Waals surface area contributed by atoms with Gasteiger partial charge in [-0.05, 0) is 24.3 Å². The molecule has 0 aliphatic carbocycles. The Hall–Kier alpha value is -2.93. The fourth-order valence-corrected chi connectivity index (χ4v) is 2.15. The van der Waals surface area contributed by atoms with Crippen LogP contribution in [0.5, 0.6) is 5.75 Å². The van der Waals surface area contributed by atoms with E-state index in [-0.39, 0.29) is 29.3 Å². The zero-order valence-electron chi connectivity index (χ0n) is 11.6. The van der Waals surface area contributed by atoms with Gasteiger partial charge in [-0.25, -0.2) is 9.78 Å². The van der Waals surface area contributed by atoms with Gasteiger partial charge in [0.15, 0.2) is 6.61 Å². The number of benzene rings is 2. The average Bonchev–Trinajstić information content (AvgIpc) is 2.54. The van der Waals surface area contributed by atoms with Crippen molar-refractivity contribution in [3.05, 3.63) is 73.9 Å². The summed E-state index contributed by atoms with van der Waals surface area (Å²) in [4.78, 5) is 26.3. The van der Waals surface area contributed by atoms with Gasteiger partial charge in [0.05, 0.1) is 21.9 Å². The summed E-state index contributed by atoms with van der Waals surface area (Å²) in [7, 11) is 0. The van der Waals surface area contributed by atoms with Crippen LogP contribution in [-0.2, 0) is 6.61 Å². The van der Waals surface area contributed by atoms with E-state index in [2.05, 4.69) is 4.98 Å². The number of nitrogens with zero attached hydrogens (tertiary/aromatic N) is 2. The molecule has 3 rings (SSSR count). The molecule has 0 unspecified atom stereocenters. The van der Waals surface area contributed by atoms with Crippen molar-refractivity contribution in [1.82, 2.24) is 4.98 Å². The minimum atomic E-state index is -0.574. The molecule has 0 bridgehead atoms. The first-order chi connectivity index (χ1) is 11.0. The molecule has 2 aromatic carbocycles. The van der Waals surface area contributed by atoms with Gasteiger partial charge in [-0.2, -0.15) is 0 Å². The molecule has 116 valence electrons. The summed E-state index contributed by atoms with van der Waals surface area (Å²) in [6.45, 7) is -0.130. The van der Waals surface area contributed by atoms with Crippen molar-refractivity contribution in [3.63, 3.8) is 0 Å². The number of non-ortho nitro benzene ring substituents is 1. The molecule has 8 heteroatoms. The van der Waals surface area contributed by atoms with E-state index in [9.17, 15) is 14.9 Å². The van der Waals surface area contributed by atoms with Gasteiger partial charge in [0.1, 0.15) is 5.75 Å². The van der Waals surface area contributed by atoms with E-state index < -0.39 is 10.5 Å². The van der Waals surface area contributed by atoms with Crippen LogP contribution in [0.3, 0.4) is 0 Å². The SMILES string of the molecule is O=c1oc(COc2cccc([N+](=O)[O-])c2)nc2ccc(Cl)cc12. The zero-order chi connectivity index (χ0) is 16.4. The Morgan fingerprint density at radius 3 is 2.87 bits per heavy atom. The molecule has 1 aromatic heterocycles. The summed E-state index contributed by atoms with van der Waals surface area (Å²) in [5.41, 5.74) is -0.233. The minimum absolute atomic E-state index is 0.0660. The Bertz CT molecular complexity index is 954. The molecule has 1 heterocycles. The van der Waals surface area contributed by atoms with Crippen LogP contribution in [0.1, 0.15) is 5.89 Å². The van der Waals surface area contributed by atoms with Crippen LogP contribution in [-0.4, -0.2) is 9.91 Å². The molecule has 0 radical (unpaired) electrons. The fourth-order valence-electron chi connectivity index (χ4n) is 1.98. The third-order valence-electron chi connectivity index (χ3n) is 3.02. The lowest BCUT2D eigenvalue weighted by atomic mass is 10.2. The van der Waals surface area contributed by atoms with E-state index in [1.807, 2.05) is 0 Å². The normalized spacial score (nSPS) is 10.7. The Kier molecular flexibility index (Phi) is 3.94. The van der Waals surface area contributed by atoms with Gasteiger partial charge in [0.2, 0.25) is 5.89 Å². The first-order valence-corrected chi connectivity index (χ1v) is 6.87. The summed E-state index contributed by atoms with van der Waals surface area (Å²) in [5.74, 6) is 0.344.